The molecule has 1 aromatic heterocycles. The normalized spacial score (nSPS) is 10.6. The van der Waals surface area contributed by atoms with E-state index in [4.69, 9.17) is 9.15 Å². The first-order valence-corrected chi connectivity index (χ1v) is 3.66. The number of aromatic nitrogens is 1. The number of nitrogens with zero attached hydrogens (tertiary/aromatic N) is 1. The molecule has 1 rings (SSSR count). The predicted octanol–water partition coefficient (Wildman–Crippen LogP) is 2.12. The molecular weight excluding hydrogens is 142 g/mol. The van der Waals surface area contributed by atoms with Crippen molar-refractivity contribution < 1.29 is 9.15 Å². The molecule has 1 heterocycles. The summed E-state index contributed by atoms with van der Waals surface area (Å²) in [6.07, 6.45) is 0.353. The summed E-state index contributed by atoms with van der Waals surface area (Å²) in [4.78, 5) is 4.06. The Bertz CT molecular complexity index is 240. The van der Waals surface area contributed by atoms with Crippen LogP contribution in [0.1, 0.15) is 31.2 Å². The van der Waals surface area contributed by atoms with Crippen molar-refractivity contribution in [3.63, 3.8) is 0 Å². The molecule has 0 fully saturated rings. The Morgan fingerprint density at radius 2 is 2.09 bits per heavy atom. The highest BCUT2D eigenvalue weighted by Gasteiger charge is 2.12. The molecule has 0 N–H and O–H groups in total. The van der Waals surface area contributed by atoms with Crippen molar-refractivity contribution in [1.82, 2.24) is 4.98 Å². The Labute approximate surface area is 66.4 Å². The fraction of sp³-hybridized carbons (Fsp3) is 0.625. The highest BCUT2D eigenvalue weighted by molar-refractivity contribution is 5.13. The summed E-state index contributed by atoms with van der Waals surface area (Å²) in [5, 5.41) is 0. The van der Waals surface area contributed by atoms with Gasteiger partial charge in [0.05, 0.1) is 12.8 Å². The Balaban J connectivity index is 2.97. The van der Waals surface area contributed by atoms with Gasteiger partial charge in [-0.05, 0) is 6.92 Å². The average Bonchev–Trinajstić information content (AvgIpc) is 2.30. The van der Waals surface area contributed by atoms with Crippen LogP contribution in [0.2, 0.25) is 0 Å². The quantitative estimate of drug-likeness (QED) is 0.656. The largest absolute Gasteiger partial charge is 0.454 e. The molecule has 1 aromatic rings. The van der Waals surface area contributed by atoms with E-state index >= 15 is 0 Å². The fourth-order valence-electron chi connectivity index (χ4n) is 1.01. The minimum atomic E-state index is 0.353. The van der Waals surface area contributed by atoms with E-state index in [2.05, 4.69) is 18.8 Å². The number of oxazole rings is 1. The topological polar surface area (TPSA) is 35.3 Å². The van der Waals surface area contributed by atoms with Crippen LogP contribution < -0.4 is 4.74 Å². The zero-order chi connectivity index (χ0) is 8.43. The van der Waals surface area contributed by atoms with Crippen LogP contribution in [-0.2, 0) is 0 Å². The molecule has 0 atom stereocenters. The van der Waals surface area contributed by atoms with Crippen LogP contribution >= 0.6 is 0 Å². The van der Waals surface area contributed by atoms with Crippen LogP contribution in [0.4, 0.5) is 0 Å². The van der Waals surface area contributed by atoms with Crippen molar-refractivity contribution in [3.05, 3.63) is 11.5 Å². The summed E-state index contributed by atoms with van der Waals surface area (Å²) in [5.74, 6) is 1.27. The fourth-order valence-corrected chi connectivity index (χ4v) is 1.01. The number of hydrogen-bond acceptors (Lipinski definition) is 3. The lowest BCUT2D eigenvalue weighted by molar-refractivity contribution is 0.277. The summed E-state index contributed by atoms with van der Waals surface area (Å²) in [5.41, 5.74) is 0.914. The monoisotopic (exact) mass is 155 g/mol. The summed E-state index contributed by atoms with van der Waals surface area (Å²) in [6.45, 7) is 6.04. The molecule has 3 heteroatoms. The Hall–Kier alpha value is -0.990. The molecule has 3 nitrogen and oxygen atoms in total. The van der Waals surface area contributed by atoms with Gasteiger partial charge in [0.1, 0.15) is 5.76 Å². The maximum Gasteiger partial charge on any atom is 0.393 e. The van der Waals surface area contributed by atoms with E-state index in [0.717, 1.165) is 11.5 Å². The van der Waals surface area contributed by atoms with Crippen molar-refractivity contribution in [2.24, 2.45) is 0 Å². The van der Waals surface area contributed by atoms with Gasteiger partial charge in [0.2, 0.25) is 0 Å². The number of hydrogen-bond donors (Lipinski definition) is 0. The molecule has 0 aliphatic rings. The number of methoxy groups -OCH3 is 1. The summed E-state index contributed by atoms with van der Waals surface area (Å²) < 4.78 is 10.1. The van der Waals surface area contributed by atoms with Crippen molar-refractivity contribution in [2.75, 3.05) is 7.11 Å². The first-order valence-electron chi connectivity index (χ1n) is 3.66. The first-order chi connectivity index (χ1) is 5.15. The lowest BCUT2D eigenvalue weighted by atomic mass is 10.1. The van der Waals surface area contributed by atoms with E-state index in [1.807, 2.05) is 6.92 Å². The van der Waals surface area contributed by atoms with Gasteiger partial charge >= 0.3 is 6.08 Å². The SMILES string of the molecule is COc1nc(C)c(C(C)C)o1. The minimum Gasteiger partial charge on any atom is -0.454 e. The third-order valence-electron chi connectivity index (χ3n) is 1.51. The maximum absolute atomic E-state index is 5.29. The molecule has 0 aliphatic carbocycles. The molecule has 0 bridgehead atoms. The molecule has 0 radical (unpaired) electrons. The van der Waals surface area contributed by atoms with Crippen molar-refractivity contribution in [3.8, 4) is 6.08 Å². The summed E-state index contributed by atoms with van der Waals surface area (Å²) >= 11 is 0. The van der Waals surface area contributed by atoms with Gasteiger partial charge in [-0.25, -0.2) is 0 Å². The minimum absolute atomic E-state index is 0.353. The lowest BCUT2D eigenvalue weighted by Gasteiger charge is -1.97. The van der Waals surface area contributed by atoms with Crippen molar-refractivity contribution in [1.29, 1.82) is 0 Å². The molecule has 0 spiro atoms. The van der Waals surface area contributed by atoms with Crippen LogP contribution in [-0.4, -0.2) is 12.1 Å². The lowest BCUT2D eigenvalue weighted by Crippen LogP contribution is -1.86. The number of aryl methyl sites for hydroxylation is 1. The Kier molecular flexibility index (Phi) is 2.17. The van der Waals surface area contributed by atoms with E-state index in [9.17, 15) is 0 Å². The van der Waals surface area contributed by atoms with E-state index in [0.29, 0.717) is 12.0 Å². The average molecular weight is 155 g/mol. The number of ether oxygens (including phenoxy) is 1. The van der Waals surface area contributed by atoms with E-state index < -0.39 is 0 Å². The standard InChI is InChI=1S/C8H13NO2/c1-5(2)7-6(3)9-8(10-4)11-7/h5H,1-4H3. The highest BCUT2D eigenvalue weighted by Crippen LogP contribution is 2.23. The van der Waals surface area contributed by atoms with Gasteiger partial charge in [0.25, 0.3) is 0 Å². The van der Waals surface area contributed by atoms with Gasteiger partial charge < -0.3 is 9.15 Å². The highest BCUT2D eigenvalue weighted by atomic mass is 16.6. The molecule has 0 aromatic carbocycles. The van der Waals surface area contributed by atoms with Crippen molar-refractivity contribution >= 4 is 0 Å². The molecule has 0 saturated heterocycles. The van der Waals surface area contributed by atoms with Gasteiger partial charge in [-0.1, -0.05) is 13.8 Å². The van der Waals surface area contributed by atoms with Crippen LogP contribution in [0.25, 0.3) is 0 Å². The molecule has 0 aliphatic heterocycles. The van der Waals surface area contributed by atoms with Crippen molar-refractivity contribution in [2.45, 2.75) is 26.7 Å². The maximum atomic E-state index is 5.29. The summed E-state index contributed by atoms with van der Waals surface area (Å²) in [6, 6.07) is 0. The van der Waals surface area contributed by atoms with Gasteiger partial charge in [-0.15, -0.1) is 0 Å². The Morgan fingerprint density at radius 3 is 2.36 bits per heavy atom. The molecule has 62 valence electrons. The van der Waals surface area contributed by atoms with Crippen LogP contribution in [0.3, 0.4) is 0 Å². The van der Waals surface area contributed by atoms with Crippen LogP contribution in [0.5, 0.6) is 6.08 Å². The smallest absolute Gasteiger partial charge is 0.393 e. The summed E-state index contributed by atoms with van der Waals surface area (Å²) in [7, 11) is 1.55. The second kappa shape index (κ2) is 2.95. The van der Waals surface area contributed by atoms with Gasteiger partial charge in [-0.3, -0.25) is 0 Å². The number of rotatable bonds is 2. The van der Waals surface area contributed by atoms with Gasteiger partial charge in [0, 0.05) is 5.92 Å². The molecule has 0 amide bonds. The molecular formula is C8H13NO2. The Morgan fingerprint density at radius 1 is 1.45 bits per heavy atom. The van der Waals surface area contributed by atoms with E-state index in [1.165, 1.54) is 0 Å². The second-order valence-electron chi connectivity index (χ2n) is 2.79. The van der Waals surface area contributed by atoms with E-state index in [-0.39, 0.29) is 0 Å². The van der Waals surface area contributed by atoms with E-state index in [1.54, 1.807) is 7.11 Å². The van der Waals surface area contributed by atoms with Crippen LogP contribution in [0.15, 0.2) is 4.42 Å². The second-order valence-corrected chi connectivity index (χ2v) is 2.79. The zero-order valence-electron chi connectivity index (χ0n) is 7.34. The zero-order valence-corrected chi connectivity index (χ0v) is 7.34. The van der Waals surface area contributed by atoms with Gasteiger partial charge in [0.15, 0.2) is 0 Å². The third kappa shape index (κ3) is 1.53. The van der Waals surface area contributed by atoms with Crippen LogP contribution in [0, 0.1) is 6.92 Å². The molecule has 0 saturated carbocycles. The molecule has 0 unspecified atom stereocenters. The first kappa shape index (κ1) is 8.11. The third-order valence-corrected chi connectivity index (χ3v) is 1.51. The predicted molar refractivity (Wildman–Crippen MR) is 41.9 cm³/mol. The van der Waals surface area contributed by atoms with Gasteiger partial charge in [-0.2, -0.15) is 4.98 Å². The molecule has 11 heavy (non-hydrogen) atoms.